The van der Waals surface area contributed by atoms with E-state index in [2.05, 4.69) is 0 Å². The van der Waals surface area contributed by atoms with Crippen LogP contribution in [0.15, 0.2) is 30.3 Å². The molecule has 0 saturated heterocycles. The molecule has 0 aromatic heterocycles. The minimum atomic E-state index is -1.18. The molecular formula is C19H21ClN2O3. The Morgan fingerprint density at radius 2 is 1.88 bits per heavy atom. The number of nitrogen functional groups attached to an aromatic ring is 2. The second-order valence-electron chi connectivity index (χ2n) is 5.88. The lowest BCUT2D eigenvalue weighted by atomic mass is 9.90. The van der Waals surface area contributed by atoms with Gasteiger partial charge in [0.15, 0.2) is 5.78 Å². The molecule has 5 N–H and O–H groups in total. The number of hydrogen-bond acceptors (Lipinski definition) is 4. The van der Waals surface area contributed by atoms with Crippen molar-refractivity contribution >= 4 is 34.7 Å². The van der Waals surface area contributed by atoms with E-state index >= 15 is 0 Å². The smallest absolute Gasteiger partial charge is 0.337 e. The average Bonchev–Trinajstić information content (AvgIpc) is 2.57. The summed E-state index contributed by atoms with van der Waals surface area (Å²) in [7, 11) is 0. The van der Waals surface area contributed by atoms with E-state index in [1.807, 2.05) is 19.1 Å². The van der Waals surface area contributed by atoms with Gasteiger partial charge in [-0.2, -0.15) is 0 Å². The van der Waals surface area contributed by atoms with Crippen LogP contribution >= 0.6 is 11.6 Å². The van der Waals surface area contributed by atoms with Crippen LogP contribution in [0.3, 0.4) is 0 Å². The van der Waals surface area contributed by atoms with Crippen molar-refractivity contribution in [1.82, 2.24) is 0 Å². The van der Waals surface area contributed by atoms with Gasteiger partial charge in [-0.15, -0.1) is 0 Å². The zero-order chi connectivity index (χ0) is 18.6. The first-order chi connectivity index (χ1) is 11.9. The number of hydrogen-bond donors (Lipinski definition) is 3. The summed E-state index contributed by atoms with van der Waals surface area (Å²) in [6.07, 6.45) is 2.17. The monoisotopic (exact) mass is 360 g/mol. The van der Waals surface area contributed by atoms with Crippen LogP contribution in [0.5, 0.6) is 0 Å². The molecule has 0 fully saturated rings. The Morgan fingerprint density at radius 1 is 1.20 bits per heavy atom. The van der Waals surface area contributed by atoms with E-state index in [9.17, 15) is 14.7 Å². The summed E-state index contributed by atoms with van der Waals surface area (Å²) in [5.74, 6) is -1.32. The highest BCUT2D eigenvalue weighted by atomic mass is 35.5. The number of halogens is 1. The van der Waals surface area contributed by atoms with E-state index in [0.717, 1.165) is 18.4 Å². The Morgan fingerprint density at radius 3 is 2.48 bits per heavy atom. The summed E-state index contributed by atoms with van der Waals surface area (Å²) in [5, 5.41) is 9.88. The molecule has 25 heavy (non-hydrogen) atoms. The summed E-state index contributed by atoms with van der Waals surface area (Å²) >= 11 is 6.21. The molecule has 2 aromatic rings. The molecule has 2 aromatic carbocycles. The zero-order valence-electron chi connectivity index (χ0n) is 14.0. The van der Waals surface area contributed by atoms with Crippen LogP contribution in [0.1, 0.15) is 58.0 Å². The van der Waals surface area contributed by atoms with Crippen molar-refractivity contribution in [3.05, 3.63) is 57.6 Å². The van der Waals surface area contributed by atoms with Crippen molar-refractivity contribution in [2.45, 2.75) is 32.6 Å². The van der Waals surface area contributed by atoms with Crippen LogP contribution in [0, 0.1) is 0 Å². The quantitative estimate of drug-likeness (QED) is 0.507. The molecule has 0 saturated carbocycles. The van der Waals surface area contributed by atoms with E-state index in [1.165, 1.54) is 6.07 Å². The highest BCUT2D eigenvalue weighted by Gasteiger charge is 2.23. The first kappa shape index (κ1) is 18.8. The van der Waals surface area contributed by atoms with Gasteiger partial charge in [-0.05, 0) is 29.7 Å². The topological polar surface area (TPSA) is 106 Å². The number of carbonyl (C=O) groups is 2. The minimum Gasteiger partial charge on any atom is -0.478 e. The second kappa shape index (κ2) is 8.03. The molecule has 0 heterocycles. The Kier molecular flexibility index (Phi) is 6.04. The molecule has 2 rings (SSSR count). The van der Waals surface area contributed by atoms with Gasteiger partial charge in [-0.3, -0.25) is 4.79 Å². The Balaban J connectivity index is 2.62. The van der Waals surface area contributed by atoms with Crippen LogP contribution in [-0.2, 0) is 6.42 Å². The molecule has 0 aliphatic rings. The van der Waals surface area contributed by atoms with Crippen LogP contribution in [0.4, 0.5) is 11.4 Å². The maximum atomic E-state index is 12.6. The van der Waals surface area contributed by atoms with Gasteiger partial charge in [-0.1, -0.05) is 43.1 Å². The van der Waals surface area contributed by atoms with Crippen molar-refractivity contribution in [3.63, 3.8) is 0 Å². The third-order valence-electron chi connectivity index (χ3n) is 4.10. The molecule has 0 amide bonds. The lowest BCUT2D eigenvalue weighted by Crippen LogP contribution is -2.15. The van der Waals surface area contributed by atoms with Gasteiger partial charge in [-0.25, -0.2) is 4.79 Å². The highest BCUT2D eigenvalue weighted by molar-refractivity contribution is 6.31. The predicted octanol–water partition coefficient (Wildman–Crippen LogP) is 4.17. The summed E-state index contributed by atoms with van der Waals surface area (Å²) in [6.45, 7) is 1.99. The molecule has 0 unspecified atom stereocenters. The van der Waals surface area contributed by atoms with Gasteiger partial charge in [0.25, 0.3) is 0 Å². The maximum absolute atomic E-state index is 12.6. The largest absolute Gasteiger partial charge is 0.478 e. The molecule has 0 aliphatic heterocycles. The molecule has 0 spiro atoms. The highest BCUT2D eigenvalue weighted by Crippen LogP contribution is 2.32. The number of carboxylic acids is 1. The SMILES string of the molecule is CCCCC(=O)c1c(N)cc(C(=O)O)c(N)c1Cc1ccccc1Cl. The Labute approximate surface area is 151 Å². The summed E-state index contributed by atoms with van der Waals surface area (Å²) < 4.78 is 0. The van der Waals surface area contributed by atoms with E-state index in [0.29, 0.717) is 22.6 Å². The fourth-order valence-corrected chi connectivity index (χ4v) is 2.96. The average molecular weight is 361 g/mol. The van der Waals surface area contributed by atoms with Gasteiger partial charge in [0, 0.05) is 29.1 Å². The number of carbonyl (C=O) groups excluding carboxylic acids is 1. The van der Waals surface area contributed by atoms with E-state index in [4.69, 9.17) is 23.1 Å². The molecular weight excluding hydrogens is 340 g/mol. The molecule has 6 heteroatoms. The van der Waals surface area contributed by atoms with Gasteiger partial charge >= 0.3 is 5.97 Å². The zero-order valence-corrected chi connectivity index (χ0v) is 14.8. The lowest BCUT2D eigenvalue weighted by molar-refractivity contribution is 0.0697. The van der Waals surface area contributed by atoms with E-state index in [1.54, 1.807) is 12.1 Å². The minimum absolute atomic E-state index is 0.0569. The normalized spacial score (nSPS) is 10.6. The standard InChI is InChI=1S/C19H21ClN2O3/c1-2-3-8-16(23)17-12(9-11-6-4-5-7-14(11)20)18(22)13(19(24)25)10-15(17)21/h4-7,10H,2-3,8-9,21-22H2,1H3,(H,24,25). The molecule has 5 nitrogen and oxygen atoms in total. The number of benzene rings is 2. The van der Waals surface area contributed by atoms with Gasteiger partial charge in [0.05, 0.1) is 11.3 Å². The number of ketones is 1. The van der Waals surface area contributed by atoms with Crippen molar-refractivity contribution in [3.8, 4) is 0 Å². The molecule has 0 radical (unpaired) electrons. The van der Waals surface area contributed by atoms with Crippen LogP contribution in [0.2, 0.25) is 5.02 Å². The molecule has 132 valence electrons. The Bertz CT molecular complexity index is 819. The fourth-order valence-electron chi connectivity index (χ4n) is 2.76. The third kappa shape index (κ3) is 4.12. The second-order valence-corrected chi connectivity index (χ2v) is 6.29. The van der Waals surface area contributed by atoms with Crippen molar-refractivity contribution in [2.24, 2.45) is 0 Å². The molecule has 0 bridgehead atoms. The van der Waals surface area contributed by atoms with E-state index in [-0.39, 0.29) is 29.1 Å². The fraction of sp³-hybridized carbons (Fsp3) is 0.263. The third-order valence-corrected chi connectivity index (χ3v) is 4.47. The first-order valence-corrected chi connectivity index (χ1v) is 8.45. The maximum Gasteiger partial charge on any atom is 0.337 e. The summed E-state index contributed by atoms with van der Waals surface area (Å²) in [5.41, 5.74) is 13.7. The molecule has 0 atom stereocenters. The van der Waals surface area contributed by atoms with Gasteiger partial charge in [0.1, 0.15) is 0 Å². The number of Topliss-reactive ketones (excluding diaryl/α,β-unsaturated/α-hetero) is 1. The van der Waals surface area contributed by atoms with E-state index < -0.39 is 5.97 Å². The number of unbranched alkanes of at least 4 members (excludes halogenated alkanes) is 1. The summed E-state index contributed by atoms with van der Waals surface area (Å²) in [6, 6.07) is 8.42. The van der Waals surface area contributed by atoms with Crippen molar-refractivity contribution < 1.29 is 14.7 Å². The van der Waals surface area contributed by atoms with Crippen molar-refractivity contribution in [2.75, 3.05) is 11.5 Å². The van der Waals surface area contributed by atoms with Gasteiger partial charge < -0.3 is 16.6 Å². The number of anilines is 2. The Hall–Kier alpha value is -2.53. The lowest BCUT2D eigenvalue weighted by Gasteiger charge is -2.17. The van der Waals surface area contributed by atoms with Crippen molar-refractivity contribution in [1.29, 1.82) is 0 Å². The first-order valence-electron chi connectivity index (χ1n) is 8.07. The van der Waals surface area contributed by atoms with Crippen LogP contribution < -0.4 is 11.5 Å². The molecule has 0 aliphatic carbocycles. The van der Waals surface area contributed by atoms with Gasteiger partial charge in [0.2, 0.25) is 0 Å². The number of rotatable bonds is 7. The van der Waals surface area contributed by atoms with Crippen LogP contribution in [0.25, 0.3) is 0 Å². The number of aromatic carboxylic acids is 1. The number of nitrogens with two attached hydrogens (primary N) is 2. The van der Waals surface area contributed by atoms with Crippen LogP contribution in [-0.4, -0.2) is 16.9 Å². The number of carboxylic acid groups (broad SMARTS) is 1. The summed E-state index contributed by atoms with van der Waals surface area (Å²) in [4.78, 5) is 24.1. The predicted molar refractivity (Wildman–Crippen MR) is 100 cm³/mol.